The van der Waals surface area contributed by atoms with Crippen LogP contribution in [-0.2, 0) is 19.1 Å². The Labute approximate surface area is 192 Å². The highest BCUT2D eigenvalue weighted by molar-refractivity contribution is 7.91. The summed E-state index contributed by atoms with van der Waals surface area (Å²) in [7, 11) is -7.99. The number of aryl methyl sites for hydroxylation is 1. The summed E-state index contributed by atoms with van der Waals surface area (Å²) in [6, 6.07) is 7.22. The molecule has 4 N–H and O–H groups in total. The second kappa shape index (κ2) is 10.1. The van der Waals surface area contributed by atoms with Crippen LogP contribution in [-0.4, -0.2) is 21.6 Å². The fourth-order valence-electron chi connectivity index (χ4n) is 2.98. The smallest absolute Gasteiger partial charge is 0.490 e. The molecule has 0 radical (unpaired) electrons. The normalized spacial score (nSPS) is 13.0. The summed E-state index contributed by atoms with van der Waals surface area (Å²) in [5.41, 5.74) is 3.32. The van der Waals surface area contributed by atoms with Crippen LogP contribution in [0.25, 0.3) is 10.1 Å². The molecule has 0 aliphatic rings. The average Bonchev–Trinajstić information content (AvgIpc) is 3.09. The first-order chi connectivity index (χ1) is 15.6. The van der Waals surface area contributed by atoms with Crippen molar-refractivity contribution < 1.29 is 41.7 Å². The van der Waals surface area contributed by atoms with E-state index in [-0.39, 0.29) is 38.0 Å². The highest BCUT2D eigenvalue weighted by atomic mass is 32.2. The van der Waals surface area contributed by atoms with E-state index in [0.717, 1.165) is 24.3 Å². The summed E-state index contributed by atoms with van der Waals surface area (Å²) in [5.74, 6) is -1.47. The van der Waals surface area contributed by atoms with Gasteiger partial charge in [-0.05, 0) is 35.3 Å². The standard InChI is InChI=1S/C19H16F2N3O6PS2/c1-10-14-7-13(29-5-4-22)8-16(21)17(14)32-19(10)33(27,28)24-18(30-31(25)26)11-2-3-12(9-23)15(20)6-11/h2-3,6-8,18,24H,4-5,22H2,1H3/p+1. The van der Waals surface area contributed by atoms with Crippen molar-refractivity contribution in [2.45, 2.75) is 17.4 Å². The van der Waals surface area contributed by atoms with E-state index in [9.17, 15) is 26.7 Å². The lowest BCUT2D eigenvalue weighted by molar-refractivity contribution is -0.370. The number of ether oxygens (including phenoxy) is 1. The number of hydrogen-bond acceptors (Lipinski definition) is 8. The maximum Gasteiger partial charge on any atom is 0.490 e. The van der Waals surface area contributed by atoms with Gasteiger partial charge in [-0.2, -0.15) is 9.98 Å². The molecule has 2 aromatic carbocycles. The lowest BCUT2D eigenvalue weighted by Crippen LogP contribution is -2.52. The molecule has 33 heavy (non-hydrogen) atoms. The van der Waals surface area contributed by atoms with Gasteiger partial charge in [0.1, 0.15) is 40.8 Å². The molecule has 0 bridgehead atoms. The Kier molecular flexibility index (Phi) is 7.71. The Bertz CT molecular complexity index is 1370. The summed E-state index contributed by atoms with van der Waals surface area (Å²) in [5, 5.41) is 9.15. The Balaban J connectivity index is 2.03. The first-order valence-electron chi connectivity index (χ1n) is 9.25. The number of nitrogens with zero attached hydrogens (tertiary/aromatic N) is 1. The summed E-state index contributed by atoms with van der Waals surface area (Å²) >= 11 is 0.638. The fourth-order valence-corrected chi connectivity index (χ4v) is 6.24. The predicted molar refractivity (Wildman–Crippen MR) is 113 cm³/mol. The van der Waals surface area contributed by atoms with Gasteiger partial charge in [-0.3, -0.25) is 0 Å². The van der Waals surface area contributed by atoms with Gasteiger partial charge >= 0.3 is 8.25 Å². The molecular formula is C19H17F2N3O6PS2+. The molecule has 14 heteroatoms. The van der Waals surface area contributed by atoms with E-state index in [4.69, 9.17) is 10.00 Å². The largest absolute Gasteiger partial charge is 0.566 e. The lowest BCUT2D eigenvalue weighted by Gasteiger charge is -2.15. The molecule has 2 atom stereocenters. The molecule has 0 saturated carbocycles. The number of thiophene rings is 1. The highest BCUT2D eigenvalue weighted by Crippen LogP contribution is 2.39. The van der Waals surface area contributed by atoms with E-state index in [0.29, 0.717) is 23.3 Å². The van der Waals surface area contributed by atoms with Gasteiger partial charge in [0.15, 0.2) is 0 Å². The molecule has 3 aromatic rings. The summed E-state index contributed by atoms with van der Waals surface area (Å²) in [4.78, 5) is 11.2. The van der Waals surface area contributed by atoms with Crippen molar-refractivity contribution >= 4 is 39.7 Å². The molecule has 174 valence electrons. The molecule has 0 fully saturated rings. The first kappa shape index (κ1) is 25.1. The van der Waals surface area contributed by atoms with Crippen molar-refractivity contribution in [1.82, 2.24) is 4.72 Å². The van der Waals surface area contributed by atoms with Crippen molar-refractivity contribution in [3.05, 3.63) is 58.7 Å². The lowest BCUT2D eigenvalue weighted by atomic mass is 10.1. The zero-order valence-corrected chi connectivity index (χ0v) is 19.5. The second-order valence-corrected chi connectivity index (χ2v) is 10.3. The summed E-state index contributed by atoms with van der Waals surface area (Å²) in [6.45, 7) is 2.16. The van der Waals surface area contributed by atoms with Crippen molar-refractivity contribution in [3.8, 4) is 11.8 Å². The van der Waals surface area contributed by atoms with Gasteiger partial charge in [0.25, 0.3) is 10.0 Å². The summed E-state index contributed by atoms with van der Waals surface area (Å²) < 4.78 is 77.8. The zero-order chi connectivity index (χ0) is 24.3. The number of hydrogen-bond donors (Lipinski definition) is 2. The van der Waals surface area contributed by atoms with Crippen LogP contribution >= 0.6 is 19.6 Å². The van der Waals surface area contributed by atoms with E-state index in [1.54, 1.807) is 6.07 Å². The topological polar surface area (TPSA) is 156 Å². The van der Waals surface area contributed by atoms with E-state index < -0.39 is 36.1 Å². The zero-order valence-electron chi connectivity index (χ0n) is 17.0. The second-order valence-electron chi connectivity index (χ2n) is 6.68. The monoisotopic (exact) mass is 516 g/mol. The van der Waals surface area contributed by atoms with Crippen LogP contribution < -0.4 is 20.1 Å². The van der Waals surface area contributed by atoms with Crippen LogP contribution in [0.1, 0.15) is 22.9 Å². The minimum atomic E-state index is -4.45. The van der Waals surface area contributed by atoms with E-state index in [1.165, 1.54) is 13.0 Å². The molecule has 0 amide bonds. The molecule has 0 aliphatic heterocycles. The van der Waals surface area contributed by atoms with Crippen LogP contribution in [0.2, 0.25) is 0 Å². The average molecular weight is 516 g/mol. The quantitative estimate of drug-likeness (QED) is 0.325. The number of fused-ring (bicyclic) bond motifs is 1. The molecule has 0 saturated heterocycles. The molecular weight excluding hydrogens is 499 g/mol. The van der Waals surface area contributed by atoms with E-state index in [1.807, 2.05) is 0 Å². The fraction of sp³-hybridized carbons (Fsp3) is 0.211. The number of quaternary nitrogens is 1. The van der Waals surface area contributed by atoms with Gasteiger partial charge in [0, 0.05) is 17.0 Å². The van der Waals surface area contributed by atoms with Gasteiger partial charge < -0.3 is 15.4 Å². The number of halogens is 2. The third kappa shape index (κ3) is 5.51. The SMILES string of the molecule is Cc1c(S(=O)(=O)NC(O[P+](=O)[O-])c2ccc(C#N)c(F)c2)sc2c(F)cc(OCC[NH3+])cc12. The Hall–Kier alpha value is -2.56. The van der Waals surface area contributed by atoms with Crippen LogP contribution in [0, 0.1) is 29.9 Å². The van der Waals surface area contributed by atoms with Gasteiger partial charge in [0.2, 0.25) is 6.23 Å². The molecule has 9 nitrogen and oxygen atoms in total. The van der Waals surface area contributed by atoms with Crippen LogP contribution in [0.3, 0.4) is 0 Å². The Morgan fingerprint density at radius 2 is 2.03 bits per heavy atom. The predicted octanol–water partition coefficient (Wildman–Crippen LogP) is 1.99. The van der Waals surface area contributed by atoms with Crippen LogP contribution in [0.15, 0.2) is 34.5 Å². The van der Waals surface area contributed by atoms with Crippen LogP contribution in [0.5, 0.6) is 5.75 Å². The number of benzene rings is 2. The molecule has 0 spiro atoms. The highest BCUT2D eigenvalue weighted by Gasteiger charge is 2.31. The van der Waals surface area contributed by atoms with Gasteiger partial charge in [-0.15, -0.1) is 15.9 Å². The molecule has 2 unspecified atom stereocenters. The number of sulfonamides is 1. The third-order valence-electron chi connectivity index (χ3n) is 4.45. The maximum absolute atomic E-state index is 14.6. The first-order valence-corrected chi connectivity index (χ1v) is 12.6. The van der Waals surface area contributed by atoms with Crippen molar-refractivity contribution in [3.63, 3.8) is 0 Å². The summed E-state index contributed by atoms with van der Waals surface area (Å²) in [6.07, 6.45) is -1.82. The molecule has 1 aromatic heterocycles. The number of nitrogens with one attached hydrogen (secondary N) is 1. The van der Waals surface area contributed by atoms with Crippen molar-refractivity contribution in [2.75, 3.05) is 13.2 Å². The van der Waals surface area contributed by atoms with Crippen molar-refractivity contribution in [1.29, 1.82) is 5.26 Å². The Morgan fingerprint density at radius 1 is 1.30 bits per heavy atom. The Morgan fingerprint density at radius 3 is 2.64 bits per heavy atom. The van der Waals surface area contributed by atoms with Crippen LogP contribution in [0.4, 0.5) is 8.78 Å². The van der Waals surface area contributed by atoms with E-state index >= 15 is 0 Å². The van der Waals surface area contributed by atoms with Gasteiger partial charge in [-0.1, -0.05) is 6.07 Å². The maximum atomic E-state index is 14.6. The molecule has 0 aliphatic carbocycles. The van der Waals surface area contributed by atoms with Crippen molar-refractivity contribution in [2.24, 2.45) is 0 Å². The van der Waals surface area contributed by atoms with Gasteiger partial charge in [-0.25, -0.2) is 17.2 Å². The molecule has 1 heterocycles. The molecule has 3 rings (SSSR count). The minimum absolute atomic E-state index is 0.0617. The third-order valence-corrected chi connectivity index (χ3v) is 8.17. The number of rotatable bonds is 9. The van der Waals surface area contributed by atoms with E-state index in [2.05, 4.69) is 15.0 Å². The number of nitriles is 1. The minimum Gasteiger partial charge on any atom is -0.566 e. The van der Waals surface area contributed by atoms with Gasteiger partial charge in [0.05, 0.1) is 10.3 Å².